The molecular formula is C23H25ClN4O3S. The van der Waals surface area contributed by atoms with Crippen molar-refractivity contribution in [2.75, 3.05) is 62.7 Å². The van der Waals surface area contributed by atoms with Crippen LogP contribution in [0.2, 0.25) is 5.02 Å². The van der Waals surface area contributed by atoms with E-state index in [4.69, 9.17) is 16.3 Å². The topological polar surface area (TPSA) is 65.1 Å². The normalized spacial score (nSPS) is 21.8. The van der Waals surface area contributed by atoms with Crippen molar-refractivity contribution in [3.63, 3.8) is 0 Å². The first kappa shape index (κ1) is 21.6. The highest BCUT2D eigenvalue weighted by Gasteiger charge is 2.34. The van der Waals surface area contributed by atoms with Gasteiger partial charge in [0.25, 0.3) is 11.8 Å². The average molecular weight is 473 g/mol. The van der Waals surface area contributed by atoms with Gasteiger partial charge in [-0.15, -0.1) is 0 Å². The first-order valence-corrected chi connectivity index (χ1v) is 12.1. The van der Waals surface area contributed by atoms with E-state index < -0.39 is 0 Å². The summed E-state index contributed by atoms with van der Waals surface area (Å²) in [5.74, 6) is -0.0470. The smallest absolute Gasteiger partial charge is 0.254 e. The van der Waals surface area contributed by atoms with Crippen LogP contribution in [0.15, 0.2) is 47.4 Å². The molecule has 3 heterocycles. The van der Waals surface area contributed by atoms with Gasteiger partial charge < -0.3 is 19.9 Å². The van der Waals surface area contributed by atoms with Gasteiger partial charge in [-0.05, 0) is 42.5 Å². The number of morpholine rings is 1. The molecule has 9 heteroatoms. The molecule has 2 amide bonds. The molecule has 5 rings (SSSR count). The summed E-state index contributed by atoms with van der Waals surface area (Å²) >= 11 is 7.56. The Hall–Kier alpha value is -2.26. The second kappa shape index (κ2) is 9.31. The van der Waals surface area contributed by atoms with Gasteiger partial charge >= 0.3 is 0 Å². The third kappa shape index (κ3) is 4.45. The number of halogens is 1. The SMILES string of the molecule is O=C1Nc2cc(C(=O)N3CCOCC3)ccc2SC1N1CCN(c2ccc(Cl)cc2)CC1. The second-order valence-electron chi connectivity index (χ2n) is 8.07. The molecule has 2 aromatic carbocycles. The maximum atomic E-state index is 12.9. The van der Waals surface area contributed by atoms with Crippen LogP contribution in [0.5, 0.6) is 0 Å². The summed E-state index contributed by atoms with van der Waals surface area (Å²) in [6.07, 6.45) is 0. The quantitative estimate of drug-likeness (QED) is 0.740. The fourth-order valence-electron chi connectivity index (χ4n) is 4.29. The Morgan fingerprint density at radius 2 is 1.72 bits per heavy atom. The molecule has 2 saturated heterocycles. The van der Waals surface area contributed by atoms with Crippen LogP contribution in [-0.4, -0.2) is 79.5 Å². The van der Waals surface area contributed by atoms with Gasteiger partial charge in [-0.1, -0.05) is 23.4 Å². The van der Waals surface area contributed by atoms with Crippen LogP contribution in [0.1, 0.15) is 10.4 Å². The van der Waals surface area contributed by atoms with E-state index in [1.807, 2.05) is 36.4 Å². The Bertz CT molecular complexity index is 1000. The summed E-state index contributed by atoms with van der Waals surface area (Å²) in [4.78, 5) is 33.0. The zero-order valence-corrected chi connectivity index (χ0v) is 19.2. The molecular weight excluding hydrogens is 448 g/mol. The number of anilines is 2. The lowest BCUT2D eigenvalue weighted by Crippen LogP contribution is -2.53. The molecule has 0 saturated carbocycles. The van der Waals surface area contributed by atoms with Crippen LogP contribution in [0.3, 0.4) is 0 Å². The number of hydrogen-bond donors (Lipinski definition) is 1. The fraction of sp³-hybridized carbons (Fsp3) is 0.391. The van der Waals surface area contributed by atoms with Gasteiger partial charge in [-0.25, -0.2) is 0 Å². The standard InChI is InChI=1S/C23H25ClN4O3S/c24-17-2-4-18(5-3-17)26-7-9-28(10-8-26)23-21(29)25-19-15-16(1-6-20(19)32-23)22(30)27-11-13-31-14-12-27/h1-6,15,23H,7-14H2,(H,25,29). The molecule has 32 heavy (non-hydrogen) atoms. The number of fused-ring (bicyclic) bond motifs is 1. The molecule has 1 N–H and O–H groups in total. The Kier molecular flexibility index (Phi) is 6.28. The molecule has 0 aromatic heterocycles. The van der Waals surface area contributed by atoms with Crippen molar-refractivity contribution < 1.29 is 14.3 Å². The number of piperazine rings is 1. The minimum atomic E-state index is -0.268. The van der Waals surface area contributed by atoms with E-state index >= 15 is 0 Å². The minimum Gasteiger partial charge on any atom is -0.378 e. The number of carbonyl (C=O) groups excluding carboxylic acids is 2. The molecule has 0 aliphatic carbocycles. The monoisotopic (exact) mass is 472 g/mol. The first-order chi connectivity index (χ1) is 15.6. The summed E-state index contributed by atoms with van der Waals surface area (Å²) in [7, 11) is 0. The fourth-order valence-corrected chi connectivity index (χ4v) is 5.56. The van der Waals surface area contributed by atoms with Gasteiger partial charge in [-0.2, -0.15) is 0 Å². The van der Waals surface area contributed by atoms with Crippen LogP contribution >= 0.6 is 23.4 Å². The lowest BCUT2D eigenvalue weighted by atomic mass is 10.1. The number of nitrogens with zero attached hydrogens (tertiary/aromatic N) is 3. The third-order valence-corrected chi connectivity index (χ3v) is 7.68. The lowest BCUT2D eigenvalue weighted by Gasteiger charge is -2.40. The van der Waals surface area contributed by atoms with Crippen LogP contribution in [-0.2, 0) is 9.53 Å². The van der Waals surface area contributed by atoms with Gasteiger partial charge in [0.1, 0.15) is 5.37 Å². The van der Waals surface area contributed by atoms with E-state index in [1.165, 1.54) is 0 Å². The van der Waals surface area contributed by atoms with E-state index in [0.717, 1.165) is 47.5 Å². The maximum Gasteiger partial charge on any atom is 0.254 e. The highest BCUT2D eigenvalue weighted by Crippen LogP contribution is 2.38. The van der Waals surface area contributed by atoms with Gasteiger partial charge in [0.15, 0.2) is 0 Å². The average Bonchev–Trinajstić information content (AvgIpc) is 2.84. The molecule has 1 atom stereocenters. The predicted molar refractivity (Wildman–Crippen MR) is 127 cm³/mol. The molecule has 7 nitrogen and oxygen atoms in total. The predicted octanol–water partition coefficient (Wildman–Crippen LogP) is 3.00. The zero-order chi connectivity index (χ0) is 22.1. The van der Waals surface area contributed by atoms with Gasteiger partial charge in [-0.3, -0.25) is 14.5 Å². The summed E-state index contributed by atoms with van der Waals surface area (Å²) in [5.41, 5.74) is 2.47. The van der Waals surface area contributed by atoms with Crippen molar-refractivity contribution in [1.29, 1.82) is 0 Å². The molecule has 3 aliphatic heterocycles. The molecule has 1 unspecified atom stereocenters. The number of ether oxygens (including phenoxy) is 1. The summed E-state index contributed by atoms with van der Waals surface area (Å²) in [5, 5.41) is 3.49. The van der Waals surface area contributed by atoms with Crippen LogP contribution in [0, 0.1) is 0 Å². The molecule has 2 aromatic rings. The van der Waals surface area contributed by atoms with Crippen molar-refractivity contribution in [3.05, 3.63) is 53.1 Å². The number of nitrogens with one attached hydrogen (secondary N) is 1. The number of hydrogen-bond acceptors (Lipinski definition) is 6. The molecule has 168 valence electrons. The zero-order valence-electron chi connectivity index (χ0n) is 17.6. The van der Waals surface area contributed by atoms with Crippen LogP contribution in [0.25, 0.3) is 0 Å². The van der Waals surface area contributed by atoms with E-state index in [2.05, 4.69) is 15.1 Å². The van der Waals surface area contributed by atoms with Gasteiger partial charge in [0, 0.05) is 60.4 Å². The molecule has 2 fully saturated rings. The number of carbonyl (C=O) groups is 2. The third-order valence-electron chi connectivity index (χ3n) is 6.08. The molecule has 0 bridgehead atoms. The second-order valence-corrected chi connectivity index (χ2v) is 9.63. The summed E-state index contributed by atoms with van der Waals surface area (Å²) in [6.45, 7) is 5.64. The van der Waals surface area contributed by atoms with Crippen LogP contribution < -0.4 is 10.2 Å². The number of rotatable bonds is 3. The van der Waals surface area contributed by atoms with E-state index in [9.17, 15) is 9.59 Å². The summed E-state index contributed by atoms with van der Waals surface area (Å²) < 4.78 is 5.33. The Labute approximate surface area is 196 Å². The van der Waals surface area contributed by atoms with Gasteiger partial charge in [0.05, 0.1) is 18.9 Å². The van der Waals surface area contributed by atoms with Crippen LogP contribution in [0.4, 0.5) is 11.4 Å². The van der Waals surface area contributed by atoms with Crippen molar-refractivity contribution >= 4 is 46.6 Å². The largest absolute Gasteiger partial charge is 0.378 e. The molecule has 0 radical (unpaired) electrons. The van der Waals surface area contributed by atoms with Crippen molar-refractivity contribution in [2.45, 2.75) is 10.3 Å². The Morgan fingerprint density at radius 3 is 2.44 bits per heavy atom. The highest BCUT2D eigenvalue weighted by atomic mass is 35.5. The first-order valence-electron chi connectivity index (χ1n) is 10.8. The maximum absolute atomic E-state index is 12.9. The Morgan fingerprint density at radius 1 is 1.00 bits per heavy atom. The molecule has 0 spiro atoms. The number of thioether (sulfide) groups is 1. The highest BCUT2D eigenvalue weighted by molar-refractivity contribution is 8.00. The van der Waals surface area contributed by atoms with Crippen molar-refractivity contribution in [3.8, 4) is 0 Å². The van der Waals surface area contributed by atoms with Crippen molar-refractivity contribution in [1.82, 2.24) is 9.80 Å². The Balaban J connectivity index is 1.24. The van der Waals surface area contributed by atoms with E-state index in [-0.39, 0.29) is 17.2 Å². The lowest BCUT2D eigenvalue weighted by molar-refractivity contribution is -0.118. The van der Waals surface area contributed by atoms with Gasteiger partial charge in [0.2, 0.25) is 0 Å². The minimum absolute atomic E-state index is 0.0178. The number of benzene rings is 2. The molecule has 3 aliphatic rings. The van der Waals surface area contributed by atoms with Crippen molar-refractivity contribution in [2.24, 2.45) is 0 Å². The van der Waals surface area contributed by atoms with E-state index in [0.29, 0.717) is 31.9 Å². The number of amides is 2. The van der Waals surface area contributed by atoms with E-state index in [1.54, 1.807) is 22.7 Å². The summed E-state index contributed by atoms with van der Waals surface area (Å²) in [6, 6.07) is 13.5.